The van der Waals surface area contributed by atoms with Gasteiger partial charge in [-0.05, 0) is 44.4 Å². The van der Waals surface area contributed by atoms with Crippen LogP contribution in [0.5, 0.6) is 0 Å². The standard InChI is InChI=1S/C15H17NO4/c1-15(2)19-9-12(20-15)5-3-10-4-6-13(14(17)18)11(7-10)8-16/h4,6-7,12H,3,5,9H2,1-2H3,(H,17,18)/t12-/m0/s1. The van der Waals surface area contributed by atoms with E-state index < -0.39 is 11.8 Å². The summed E-state index contributed by atoms with van der Waals surface area (Å²) in [7, 11) is 0. The number of ether oxygens (including phenoxy) is 2. The Morgan fingerprint density at radius 3 is 2.85 bits per heavy atom. The van der Waals surface area contributed by atoms with Crippen LogP contribution >= 0.6 is 0 Å². The van der Waals surface area contributed by atoms with Crippen LogP contribution in [0.4, 0.5) is 0 Å². The van der Waals surface area contributed by atoms with Gasteiger partial charge in [-0.15, -0.1) is 0 Å². The topological polar surface area (TPSA) is 79.5 Å². The average Bonchev–Trinajstić information content (AvgIpc) is 2.75. The lowest BCUT2D eigenvalue weighted by molar-refractivity contribution is -0.138. The van der Waals surface area contributed by atoms with Crippen molar-refractivity contribution in [2.45, 2.75) is 38.6 Å². The molecule has 1 N–H and O–H groups in total. The van der Waals surface area contributed by atoms with Crippen molar-refractivity contribution in [1.82, 2.24) is 0 Å². The van der Waals surface area contributed by atoms with E-state index in [1.165, 1.54) is 6.07 Å². The fraction of sp³-hybridized carbons (Fsp3) is 0.467. The molecule has 0 unspecified atom stereocenters. The Bertz CT molecular complexity index is 559. The average molecular weight is 275 g/mol. The maximum atomic E-state index is 10.9. The monoisotopic (exact) mass is 275 g/mol. The van der Waals surface area contributed by atoms with Crippen LogP contribution < -0.4 is 0 Å². The minimum atomic E-state index is -1.08. The van der Waals surface area contributed by atoms with E-state index in [4.69, 9.17) is 19.8 Å². The molecule has 1 aromatic carbocycles. The molecule has 106 valence electrons. The second kappa shape index (κ2) is 5.61. The molecule has 0 saturated carbocycles. The Kier molecular flexibility index (Phi) is 4.07. The summed E-state index contributed by atoms with van der Waals surface area (Å²) < 4.78 is 11.2. The molecule has 0 bridgehead atoms. The molecular formula is C15H17NO4. The summed E-state index contributed by atoms with van der Waals surface area (Å²) in [6.45, 7) is 4.32. The molecule has 2 rings (SSSR count). The van der Waals surface area contributed by atoms with Crippen LogP contribution in [0.2, 0.25) is 0 Å². The third-order valence-corrected chi connectivity index (χ3v) is 3.26. The SMILES string of the molecule is CC1(C)OC[C@H](CCc2ccc(C(=O)O)c(C#N)c2)O1. The highest BCUT2D eigenvalue weighted by Gasteiger charge is 2.32. The molecule has 0 aromatic heterocycles. The highest BCUT2D eigenvalue weighted by Crippen LogP contribution is 2.25. The summed E-state index contributed by atoms with van der Waals surface area (Å²) in [5.74, 6) is -1.61. The summed E-state index contributed by atoms with van der Waals surface area (Å²) in [5, 5.41) is 17.9. The summed E-state index contributed by atoms with van der Waals surface area (Å²) in [6.07, 6.45) is 1.54. The zero-order valence-corrected chi connectivity index (χ0v) is 11.5. The van der Waals surface area contributed by atoms with Gasteiger partial charge in [0.05, 0.1) is 23.8 Å². The molecule has 1 heterocycles. The fourth-order valence-corrected chi connectivity index (χ4v) is 2.26. The van der Waals surface area contributed by atoms with Gasteiger partial charge in [0, 0.05) is 0 Å². The van der Waals surface area contributed by atoms with Crippen LogP contribution in [0.15, 0.2) is 18.2 Å². The molecular weight excluding hydrogens is 258 g/mol. The van der Waals surface area contributed by atoms with Crippen LogP contribution in [0.1, 0.15) is 41.8 Å². The zero-order chi connectivity index (χ0) is 14.8. The molecule has 0 aliphatic carbocycles. The van der Waals surface area contributed by atoms with Crippen molar-refractivity contribution in [2.75, 3.05) is 6.61 Å². The first-order valence-electron chi connectivity index (χ1n) is 6.49. The van der Waals surface area contributed by atoms with E-state index in [-0.39, 0.29) is 17.2 Å². The number of hydrogen-bond acceptors (Lipinski definition) is 4. The number of hydrogen-bond donors (Lipinski definition) is 1. The summed E-state index contributed by atoms with van der Waals surface area (Å²) in [5.41, 5.74) is 1.16. The molecule has 1 saturated heterocycles. The number of aromatic carboxylic acids is 1. The van der Waals surface area contributed by atoms with Gasteiger partial charge in [0.2, 0.25) is 0 Å². The molecule has 1 atom stereocenters. The first kappa shape index (κ1) is 14.5. The summed E-state index contributed by atoms with van der Waals surface area (Å²) >= 11 is 0. The molecule has 0 radical (unpaired) electrons. The van der Waals surface area contributed by atoms with Crippen molar-refractivity contribution in [2.24, 2.45) is 0 Å². The maximum absolute atomic E-state index is 10.9. The van der Waals surface area contributed by atoms with Crippen molar-refractivity contribution in [3.63, 3.8) is 0 Å². The number of benzene rings is 1. The lowest BCUT2D eigenvalue weighted by Crippen LogP contribution is -2.21. The number of rotatable bonds is 4. The molecule has 1 aromatic rings. The highest BCUT2D eigenvalue weighted by atomic mass is 16.7. The number of aryl methyl sites for hydroxylation is 1. The van der Waals surface area contributed by atoms with Gasteiger partial charge in [-0.25, -0.2) is 4.79 Å². The Hall–Kier alpha value is -1.90. The number of nitriles is 1. The lowest BCUT2D eigenvalue weighted by atomic mass is 10.0. The number of carbonyl (C=O) groups is 1. The van der Waals surface area contributed by atoms with Gasteiger partial charge in [-0.1, -0.05) is 6.07 Å². The van der Waals surface area contributed by atoms with Crippen LogP contribution in [0.25, 0.3) is 0 Å². The third kappa shape index (κ3) is 3.35. The largest absolute Gasteiger partial charge is 0.478 e. The molecule has 1 aliphatic rings. The van der Waals surface area contributed by atoms with Gasteiger partial charge in [0.25, 0.3) is 0 Å². The number of nitrogens with zero attached hydrogens (tertiary/aromatic N) is 1. The van der Waals surface area contributed by atoms with E-state index >= 15 is 0 Å². The van der Waals surface area contributed by atoms with Crippen molar-refractivity contribution in [3.05, 3.63) is 34.9 Å². The fourth-order valence-electron chi connectivity index (χ4n) is 2.26. The third-order valence-electron chi connectivity index (χ3n) is 3.26. The normalized spacial score (nSPS) is 20.6. The molecule has 0 amide bonds. The highest BCUT2D eigenvalue weighted by molar-refractivity contribution is 5.90. The van der Waals surface area contributed by atoms with E-state index in [1.54, 1.807) is 12.1 Å². The van der Waals surface area contributed by atoms with Gasteiger partial charge in [-0.2, -0.15) is 5.26 Å². The molecule has 5 nitrogen and oxygen atoms in total. The van der Waals surface area contributed by atoms with Gasteiger partial charge in [0.15, 0.2) is 5.79 Å². The van der Waals surface area contributed by atoms with E-state index in [2.05, 4.69) is 0 Å². The molecule has 1 aliphatic heterocycles. The molecule has 5 heteroatoms. The zero-order valence-electron chi connectivity index (χ0n) is 11.5. The van der Waals surface area contributed by atoms with E-state index in [0.29, 0.717) is 6.61 Å². The summed E-state index contributed by atoms with van der Waals surface area (Å²) in [4.78, 5) is 10.9. The minimum Gasteiger partial charge on any atom is -0.478 e. The van der Waals surface area contributed by atoms with Gasteiger partial charge in [0.1, 0.15) is 6.07 Å². The van der Waals surface area contributed by atoms with E-state index in [9.17, 15) is 4.79 Å². The minimum absolute atomic E-state index is 0.0367. The number of carboxylic acid groups (broad SMARTS) is 1. The van der Waals surface area contributed by atoms with Crippen LogP contribution in [0.3, 0.4) is 0 Å². The van der Waals surface area contributed by atoms with E-state index in [0.717, 1.165) is 18.4 Å². The Balaban J connectivity index is 2.01. The van der Waals surface area contributed by atoms with Gasteiger partial charge in [-0.3, -0.25) is 0 Å². The van der Waals surface area contributed by atoms with Gasteiger partial charge >= 0.3 is 5.97 Å². The lowest BCUT2D eigenvalue weighted by Gasteiger charge is -2.17. The van der Waals surface area contributed by atoms with Crippen LogP contribution in [-0.2, 0) is 15.9 Å². The van der Waals surface area contributed by atoms with Gasteiger partial charge < -0.3 is 14.6 Å². The van der Waals surface area contributed by atoms with Crippen LogP contribution in [-0.4, -0.2) is 29.6 Å². The van der Waals surface area contributed by atoms with E-state index in [1.807, 2.05) is 19.9 Å². The molecule has 20 heavy (non-hydrogen) atoms. The summed E-state index contributed by atoms with van der Waals surface area (Å²) in [6, 6.07) is 6.77. The maximum Gasteiger partial charge on any atom is 0.337 e. The predicted octanol–water partition coefficient (Wildman–Crippen LogP) is 2.34. The van der Waals surface area contributed by atoms with Crippen LogP contribution in [0, 0.1) is 11.3 Å². The first-order valence-corrected chi connectivity index (χ1v) is 6.49. The predicted molar refractivity (Wildman–Crippen MR) is 71.3 cm³/mol. The Morgan fingerprint density at radius 1 is 1.55 bits per heavy atom. The Morgan fingerprint density at radius 2 is 2.30 bits per heavy atom. The molecule has 1 fully saturated rings. The van der Waals surface area contributed by atoms with Crippen molar-refractivity contribution >= 4 is 5.97 Å². The first-order chi connectivity index (χ1) is 9.41. The smallest absolute Gasteiger partial charge is 0.337 e. The second-order valence-corrected chi connectivity index (χ2v) is 5.29. The van der Waals surface area contributed by atoms with Crippen molar-refractivity contribution < 1.29 is 19.4 Å². The quantitative estimate of drug-likeness (QED) is 0.912. The molecule has 0 spiro atoms. The van der Waals surface area contributed by atoms with Crippen molar-refractivity contribution in [3.8, 4) is 6.07 Å². The number of carboxylic acids is 1. The second-order valence-electron chi connectivity index (χ2n) is 5.29. The Labute approximate surface area is 117 Å². The van der Waals surface area contributed by atoms with Crippen molar-refractivity contribution in [1.29, 1.82) is 5.26 Å².